The van der Waals surface area contributed by atoms with Crippen LogP contribution in [-0.4, -0.2) is 33.2 Å². The molecule has 7 nitrogen and oxygen atoms in total. The first-order valence-corrected chi connectivity index (χ1v) is 9.55. The van der Waals surface area contributed by atoms with Gasteiger partial charge < -0.3 is 10.1 Å². The number of aromatic nitrogens is 3. The first kappa shape index (κ1) is 18.4. The van der Waals surface area contributed by atoms with E-state index in [4.69, 9.17) is 16.3 Å². The van der Waals surface area contributed by atoms with E-state index >= 15 is 0 Å². The number of nitrogens with zero attached hydrogens (tertiary/aromatic N) is 2. The lowest BCUT2D eigenvalue weighted by molar-refractivity contribution is 0.0886. The van der Waals surface area contributed by atoms with Gasteiger partial charge in [0, 0.05) is 17.6 Å². The van der Waals surface area contributed by atoms with E-state index in [0.29, 0.717) is 21.7 Å². The molecule has 0 bridgehead atoms. The number of aromatic amines is 1. The Labute approximate surface area is 166 Å². The molecule has 1 fully saturated rings. The lowest BCUT2D eigenvalue weighted by Crippen LogP contribution is -2.40. The number of carbonyl (C=O) groups excluding carboxylic acids is 1. The fraction of sp³-hybridized carbons (Fsp3) is 0.300. The number of carbonyl (C=O) groups is 1. The zero-order valence-electron chi connectivity index (χ0n) is 15.0. The number of pyridine rings is 1. The second kappa shape index (κ2) is 7.98. The number of halogens is 1. The van der Waals surface area contributed by atoms with Crippen molar-refractivity contribution >= 4 is 28.3 Å². The number of hydrogen-bond donors (Lipinski definition) is 2. The highest BCUT2D eigenvalue weighted by Crippen LogP contribution is 2.27. The maximum Gasteiger partial charge on any atom is 0.272 e. The maximum absolute atomic E-state index is 12.7. The van der Waals surface area contributed by atoms with Gasteiger partial charge in [-0.2, -0.15) is 5.10 Å². The number of hydrogen-bond acceptors (Lipinski definition) is 5. The van der Waals surface area contributed by atoms with Crippen LogP contribution in [0, 0.1) is 0 Å². The van der Waals surface area contributed by atoms with Gasteiger partial charge in [-0.25, -0.2) is 10.1 Å². The van der Waals surface area contributed by atoms with Crippen molar-refractivity contribution in [2.75, 3.05) is 0 Å². The highest BCUT2D eigenvalue weighted by Gasteiger charge is 2.25. The third-order valence-corrected chi connectivity index (χ3v) is 5.21. The number of amides is 1. The van der Waals surface area contributed by atoms with Crippen LogP contribution in [0.5, 0.6) is 5.88 Å². The topological polar surface area (TPSA) is 97.0 Å². The second-order valence-corrected chi connectivity index (χ2v) is 7.21. The summed E-state index contributed by atoms with van der Waals surface area (Å²) in [4.78, 5) is 28.7. The van der Waals surface area contributed by atoms with Crippen molar-refractivity contribution in [3.63, 3.8) is 0 Å². The van der Waals surface area contributed by atoms with E-state index in [1.54, 1.807) is 42.6 Å². The normalized spacial score (nSPS) is 19.3. The van der Waals surface area contributed by atoms with Gasteiger partial charge in [-0.15, -0.1) is 0 Å². The molecule has 0 saturated heterocycles. The van der Waals surface area contributed by atoms with Crippen molar-refractivity contribution in [1.82, 2.24) is 20.5 Å². The van der Waals surface area contributed by atoms with Crippen LogP contribution in [-0.2, 0) is 0 Å². The minimum Gasteiger partial charge on any atom is -0.473 e. The van der Waals surface area contributed by atoms with Gasteiger partial charge >= 0.3 is 0 Å². The Kier molecular flexibility index (Phi) is 5.25. The highest BCUT2D eigenvalue weighted by atomic mass is 35.5. The molecule has 1 aliphatic carbocycles. The molecule has 1 aromatic carbocycles. The Morgan fingerprint density at radius 1 is 1.11 bits per heavy atom. The number of benzene rings is 1. The molecular formula is C20H19ClN4O3. The Morgan fingerprint density at radius 3 is 2.61 bits per heavy atom. The molecule has 0 unspecified atom stereocenters. The summed E-state index contributed by atoms with van der Waals surface area (Å²) in [6.07, 6.45) is 4.81. The average Bonchev–Trinajstić information content (AvgIpc) is 2.71. The molecule has 8 heteroatoms. The fourth-order valence-electron chi connectivity index (χ4n) is 3.48. The number of H-pyrrole nitrogens is 1. The van der Waals surface area contributed by atoms with Gasteiger partial charge in [0.05, 0.1) is 5.39 Å². The molecule has 4 rings (SSSR count). The van der Waals surface area contributed by atoms with Crippen LogP contribution in [0.2, 0.25) is 5.02 Å². The molecule has 2 heterocycles. The molecule has 2 aromatic heterocycles. The van der Waals surface area contributed by atoms with E-state index in [1.165, 1.54) is 0 Å². The zero-order chi connectivity index (χ0) is 19.5. The SMILES string of the molecule is O=C(NC1CCC(Oc2ncccc2Cl)CC1)c1n[nH]c(=O)c2ccccc12. The van der Waals surface area contributed by atoms with Crippen molar-refractivity contribution in [3.8, 4) is 5.88 Å². The van der Waals surface area contributed by atoms with E-state index in [9.17, 15) is 9.59 Å². The Balaban J connectivity index is 1.39. The molecule has 3 aromatic rings. The summed E-state index contributed by atoms with van der Waals surface area (Å²) >= 11 is 6.09. The van der Waals surface area contributed by atoms with Crippen LogP contribution in [0.15, 0.2) is 47.4 Å². The van der Waals surface area contributed by atoms with Crippen molar-refractivity contribution in [2.45, 2.75) is 37.8 Å². The van der Waals surface area contributed by atoms with Gasteiger partial charge in [-0.3, -0.25) is 9.59 Å². The van der Waals surface area contributed by atoms with E-state index in [-0.39, 0.29) is 29.3 Å². The lowest BCUT2D eigenvalue weighted by atomic mass is 9.92. The van der Waals surface area contributed by atoms with Crippen molar-refractivity contribution < 1.29 is 9.53 Å². The monoisotopic (exact) mass is 398 g/mol. The lowest BCUT2D eigenvalue weighted by Gasteiger charge is -2.29. The highest BCUT2D eigenvalue weighted by molar-refractivity contribution is 6.31. The molecule has 0 atom stereocenters. The zero-order valence-corrected chi connectivity index (χ0v) is 15.8. The standard InChI is InChI=1S/C20H19ClN4O3/c21-16-6-3-11-22-20(16)28-13-9-7-12(8-10-13)23-19(27)17-14-4-1-2-5-15(14)18(26)25-24-17/h1-6,11-13H,7-10H2,(H,23,27)(H,25,26). The Hall–Kier alpha value is -2.93. The van der Waals surface area contributed by atoms with Gasteiger partial charge in [0.25, 0.3) is 11.5 Å². The summed E-state index contributed by atoms with van der Waals surface area (Å²) in [5, 5.41) is 10.9. The van der Waals surface area contributed by atoms with Gasteiger partial charge in [0.2, 0.25) is 5.88 Å². The predicted octanol–water partition coefficient (Wildman–Crippen LogP) is 3.09. The second-order valence-electron chi connectivity index (χ2n) is 6.80. The molecule has 1 amide bonds. The summed E-state index contributed by atoms with van der Waals surface area (Å²) in [5.74, 6) is 0.158. The maximum atomic E-state index is 12.7. The molecule has 0 radical (unpaired) electrons. The quantitative estimate of drug-likeness (QED) is 0.703. The van der Waals surface area contributed by atoms with E-state index < -0.39 is 0 Å². The van der Waals surface area contributed by atoms with Crippen molar-refractivity contribution in [3.05, 3.63) is 63.7 Å². The fourth-order valence-corrected chi connectivity index (χ4v) is 3.65. The Bertz CT molecular complexity index is 1060. The molecular weight excluding hydrogens is 380 g/mol. The molecule has 1 saturated carbocycles. The molecule has 28 heavy (non-hydrogen) atoms. The number of rotatable bonds is 4. The third kappa shape index (κ3) is 3.84. The minimum absolute atomic E-state index is 0.0209. The predicted molar refractivity (Wildman–Crippen MR) is 106 cm³/mol. The van der Waals surface area contributed by atoms with E-state index in [1.807, 2.05) is 0 Å². The van der Waals surface area contributed by atoms with Crippen molar-refractivity contribution in [1.29, 1.82) is 0 Å². The van der Waals surface area contributed by atoms with E-state index in [0.717, 1.165) is 25.7 Å². The van der Waals surface area contributed by atoms with Crippen LogP contribution in [0.4, 0.5) is 0 Å². The first-order valence-electron chi connectivity index (χ1n) is 9.17. The van der Waals surface area contributed by atoms with Crippen LogP contribution in [0.25, 0.3) is 10.8 Å². The summed E-state index contributed by atoms with van der Waals surface area (Å²) in [6.45, 7) is 0. The molecule has 144 valence electrons. The number of fused-ring (bicyclic) bond motifs is 1. The van der Waals surface area contributed by atoms with Crippen LogP contribution >= 0.6 is 11.6 Å². The van der Waals surface area contributed by atoms with Gasteiger partial charge in [-0.05, 0) is 43.9 Å². The molecule has 2 N–H and O–H groups in total. The minimum atomic E-state index is -0.307. The third-order valence-electron chi connectivity index (χ3n) is 4.92. The summed E-state index contributed by atoms with van der Waals surface area (Å²) < 4.78 is 5.89. The van der Waals surface area contributed by atoms with Crippen LogP contribution < -0.4 is 15.6 Å². The molecule has 0 aliphatic heterocycles. The number of ether oxygens (including phenoxy) is 1. The summed E-state index contributed by atoms with van der Waals surface area (Å²) in [6, 6.07) is 10.5. The van der Waals surface area contributed by atoms with Gasteiger partial charge in [0.1, 0.15) is 11.1 Å². The molecule has 1 aliphatic rings. The summed E-state index contributed by atoms with van der Waals surface area (Å²) in [5.41, 5.74) is -0.0770. The first-order chi connectivity index (χ1) is 13.6. The smallest absolute Gasteiger partial charge is 0.272 e. The number of nitrogens with one attached hydrogen (secondary N) is 2. The van der Waals surface area contributed by atoms with Crippen LogP contribution in [0.3, 0.4) is 0 Å². The van der Waals surface area contributed by atoms with Crippen LogP contribution in [0.1, 0.15) is 36.2 Å². The largest absolute Gasteiger partial charge is 0.473 e. The average molecular weight is 399 g/mol. The molecule has 0 spiro atoms. The van der Waals surface area contributed by atoms with Crippen molar-refractivity contribution in [2.24, 2.45) is 0 Å². The Morgan fingerprint density at radius 2 is 1.86 bits per heavy atom. The van der Waals surface area contributed by atoms with Gasteiger partial charge in [0.15, 0.2) is 5.69 Å². The van der Waals surface area contributed by atoms with E-state index in [2.05, 4.69) is 20.5 Å². The summed E-state index contributed by atoms with van der Waals surface area (Å²) in [7, 11) is 0. The van der Waals surface area contributed by atoms with Gasteiger partial charge in [-0.1, -0.05) is 29.8 Å².